The van der Waals surface area contributed by atoms with E-state index in [4.69, 9.17) is 4.98 Å². The SMILES string of the molecule is CNCc1sc(-c2ccnc(C)n2)nc1-c1ccccc1. The Morgan fingerprint density at radius 2 is 1.90 bits per heavy atom. The van der Waals surface area contributed by atoms with Gasteiger partial charge in [0, 0.05) is 23.2 Å². The van der Waals surface area contributed by atoms with Gasteiger partial charge in [-0.3, -0.25) is 0 Å². The van der Waals surface area contributed by atoms with Crippen molar-refractivity contribution in [3.8, 4) is 22.0 Å². The van der Waals surface area contributed by atoms with Gasteiger partial charge in [0.15, 0.2) is 0 Å². The molecule has 106 valence electrons. The van der Waals surface area contributed by atoms with Gasteiger partial charge in [0.25, 0.3) is 0 Å². The lowest BCUT2D eigenvalue weighted by atomic mass is 10.1. The zero-order chi connectivity index (χ0) is 14.7. The number of benzene rings is 1. The molecule has 2 heterocycles. The van der Waals surface area contributed by atoms with Crippen LogP contribution < -0.4 is 5.32 Å². The van der Waals surface area contributed by atoms with Crippen molar-refractivity contribution in [1.29, 1.82) is 0 Å². The smallest absolute Gasteiger partial charge is 0.143 e. The predicted molar refractivity (Wildman–Crippen MR) is 86.1 cm³/mol. The van der Waals surface area contributed by atoms with Crippen LogP contribution in [0.4, 0.5) is 0 Å². The molecule has 4 nitrogen and oxygen atoms in total. The highest BCUT2D eigenvalue weighted by atomic mass is 32.1. The van der Waals surface area contributed by atoms with Crippen LogP contribution >= 0.6 is 11.3 Å². The maximum Gasteiger partial charge on any atom is 0.143 e. The molecule has 0 aliphatic rings. The number of rotatable bonds is 4. The summed E-state index contributed by atoms with van der Waals surface area (Å²) in [5.74, 6) is 0.763. The molecule has 5 heteroatoms. The second kappa shape index (κ2) is 6.11. The van der Waals surface area contributed by atoms with Gasteiger partial charge in [-0.25, -0.2) is 15.0 Å². The molecule has 0 aliphatic heterocycles. The Labute approximate surface area is 127 Å². The molecular weight excluding hydrogens is 280 g/mol. The van der Waals surface area contributed by atoms with Crippen molar-refractivity contribution in [2.45, 2.75) is 13.5 Å². The summed E-state index contributed by atoms with van der Waals surface area (Å²) in [6, 6.07) is 12.2. The first-order valence-electron chi connectivity index (χ1n) is 6.77. The molecule has 3 rings (SSSR count). The summed E-state index contributed by atoms with van der Waals surface area (Å²) in [5, 5.41) is 4.14. The topological polar surface area (TPSA) is 50.7 Å². The van der Waals surface area contributed by atoms with Crippen LogP contribution in [0.1, 0.15) is 10.7 Å². The van der Waals surface area contributed by atoms with Crippen molar-refractivity contribution >= 4 is 11.3 Å². The van der Waals surface area contributed by atoms with E-state index in [2.05, 4.69) is 27.4 Å². The van der Waals surface area contributed by atoms with E-state index < -0.39 is 0 Å². The third kappa shape index (κ3) is 2.99. The van der Waals surface area contributed by atoms with Crippen LogP contribution in [-0.2, 0) is 6.54 Å². The van der Waals surface area contributed by atoms with E-state index in [1.165, 1.54) is 4.88 Å². The van der Waals surface area contributed by atoms with Crippen LogP contribution in [0.25, 0.3) is 22.0 Å². The number of nitrogens with one attached hydrogen (secondary N) is 1. The predicted octanol–water partition coefficient (Wildman–Crippen LogP) is 3.29. The Hall–Kier alpha value is -2.11. The van der Waals surface area contributed by atoms with Crippen molar-refractivity contribution in [1.82, 2.24) is 20.3 Å². The van der Waals surface area contributed by atoms with Gasteiger partial charge in [0.05, 0.1) is 5.69 Å². The second-order valence-electron chi connectivity index (χ2n) is 4.68. The van der Waals surface area contributed by atoms with Gasteiger partial charge in [0.2, 0.25) is 0 Å². The largest absolute Gasteiger partial charge is 0.315 e. The fourth-order valence-electron chi connectivity index (χ4n) is 2.14. The molecule has 1 N–H and O–H groups in total. The van der Waals surface area contributed by atoms with Crippen molar-refractivity contribution in [2.75, 3.05) is 7.05 Å². The summed E-state index contributed by atoms with van der Waals surface area (Å²) < 4.78 is 0. The first-order valence-corrected chi connectivity index (χ1v) is 7.59. The van der Waals surface area contributed by atoms with E-state index in [0.29, 0.717) is 0 Å². The Balaban J connectivity index is 2.08. The number of nitrogens with zero attached hydrogens (tertiary/aromatic N) is 3. The highest BCUT2D eigenvalue weighted by molar-refractivity contribution is 7.15. The van der Waals surface area contributed by atoms with Crippen LogP contribution in [-0.4, -0.2) is 22.0 Å². The lowest BCUT2D eigenvalue weighted by Crippen LogP contribution is -2.04. The summed E-state index contributed by atoms with van der Waals surface area (Å²) in [6.45, 7) is 2.69. The molecule has 0 unspecified atom stereocenters. The first kappa shape index (κ1) is 13.9. The molecule has 21 heavy (non-hydrogen) atoms. The van der Waals surface area contributed by atoms with E-state index in [-0.39, 0.29) is 0 Å². The summed E-state index contributed by atoms with van der Waals surface area (Å²) in [5.41, 5.74) is 3.05. The molecule has 0 bridgehead atoms. The summed E-state index contributed by atoms with van der Waals surface area (Å²) >= 11 is 1.68. The lowest BCUT2D eigenvalue weighted by Gasteiger charge is -2.00. The summed E-state index contributed by atoms with van der Waals surface area (Å²) in [6.07, 6.45) is 1.78. The molecule has 0 spiro atoms. The number of aromatic nitrogens is 3. The van der Waals surface area contributed by atoms with Gasteiger partial charge in [-0.2, -0.15) is 0 Å². The number of aryl methyl sites for hydroxylation is 1. The fraction of sp³-hybridized carbons (Fsp3) is 0.188. The molecule has 3 aromatic rings. The third-order valence-corrected chi connectivity index (χ3v) is 4.15. The van der Waals surface area contributed by atoms with Crippen molar-refractivity contribution in [3.05, 3.63) is 53.3 Å². The number of thiazole rings is 1. The van der Waals surface area contributed by atoms with Crippen LogP contribution in [0.15, 0.2) is 42.6 Å². The Kier molecular flexibility index (Phi) is 4.03. The Morgan fingerprint density at radius 1 is 1.10 bits per heavy atom. The Morgan fingerprint density at radius 3 is 2.62 bits per heavy atom. The maximum atomic E-state index is 4.80. The second-order valence-corrected chi connectivity index (χ2v) is 5.76. The van der Waals surface area contributed by atoms with E-state index >= 15 is 0 Å². The summed E-state index contributed by atoms with van der Waals surface area (Å²) in [4.78, 5) is 14.6. The number of hydrogen-bond acceptors (Lipinski definition) is 5. The first-order chi connectivity index (χ1) is 10.3. The fourth-order valence-corrected chi connectivity index (χ4v) is 3.20. The molecule has 0 amide bonds. The molecule has 0 saturated carbocycles. The van der Waals surface area contributed by atoms with Crippen LogP contribution in [0.2, 0.25) is 0 Å². The van der Waals surface area contributed by atoms with Crippen molar-refractivity contribution in [3.63, 3.8) is 0 Å². The molecule has 1 aromatic carbocycles. The van der Waals surface area contributed by atoms with Gasteiger partial charge in [0.1, 0.15) is 16.5 Å². The molecule has 0 fully saturated rings. The molecule has 0 radical (unpaired) electrons. The molecule has 2 aromatic heterocycles. The van der Waals surface area contributed by atoms with Gasteiger partial charge in [-0.1, -0.05) is 30.3 Å². The van der Waals surface area contributed by atoms with Gasteiger partial charge >= 0.3 is 0 Å². The van der Waals surface area contributed by atoms with Crippen LogP contribution in [0.5, 0.6) is 0 Å². The quantitative estimate of drug-likeness (QED) is 0.802. The van der Waals surface area contributed by atoms with Crippen LogP contribution in [0, 0.1) is 6.92 Å². The highest BCUT2D eigenvalue weighted by Crippen LogP contribution is 2.32. The normalized spacial score (nSPS) is 10.8. The van der Waals surface area contributed by atoms with E-state index in [1.54, 1.807) is 17.5 Å². The van der Waals surface area contributed by atoms with Gasteiger partial charge < -0.3 is 5.32 Å². The Bertz CT molecular complexity index is 737. The van der Waals surface area contributed by atoms with Crippen molar-refractivity contribution < 1.29 is 0 Å². The van der Waals surface area contributed by atoms with Gasteiger partial charge in [-0.05, 0) is 20.0 Å². The standard InChI is InChI=1S/C16H16N4S/c1-11-18-9-8-13(19-11)16-20-15(14(21-16)10-17-2)12-6-4-3-5-7-12/h3-9,17H,10H2,1-2H3. The molecular formula is C16H16N4S. The van der Waals surface area contributed by atoms with E-state index in [0.717, 1.165) is 34.3 Å². The maximum absolute atomic E-state index is 4.80. The van der Waals surface area contributed by atoms with Gasteiger partial charge in [-0.15, -0.1) is 11.3 Å². The van der Waals surface area contributed by atoms with E-state index in [1.807, 2.05) is 38.2 Å². The minimum absolute atomic E-state index is 0.763. The monoisotopic (exact) mass is 296 g/mol. The van der Waals surface area contributed by atoms with Crippen LogP contribution in [0.3, 0.4) is 0 Å². The average Bonchev–Trinajstić information content (AvgIpc) is 2.93. The molecule has 0 aliphatic carbocycles. The molecule has 0 atom stereocenters. The minimum Gasteiger partial charge on any atom is -0.315 e. The highest BCUT2D eigenvalue weighted by Gasteiger charge is 2.14. The molecule has 0 saturated heterocycles. The van der Waals surface area contributed by atoms with Crippen molar-refractivity contribution in [2.24, 2.45) is 0 Å². The van der Waals surface area contributed by atoms with E-state index in [9.17, 15) is 0 Å². The minimum atomic E-state index is 0.763. The number of hydrogen-bond donors (Lipinski definition) is 1. The average molecular weight is 296 g/mol. The lowest BCUT2D eigenvalue weighted by molar-refractivity contribution is 0.831. The summed E-state index contributed by atoms with van der Waals surface area (Å²) in [7, 11) is 1.95. The zero-order valence-corrected chi connectivity index (χ0v) is 12.8. The third-order valence-electron chi connectivity index (χ3n) is 3.08. The zero-order valence-electron chi connectivity index (χ0n) is 12.0.